The maximum atomic E-state index is 11.4. The Labute approximate surface area is 134 Å². The second kappa shape index (κ2) is 7.89. The number of carbonyl (C=O) groups is 2. The molecule has 0 aliphatic carbocycles. The molecule has 0 amide bonds. The van der Waals surface area contributed by atoms with Crippen LogP contribution in [0.3, 0.4) is 0 Å². The molecule has 0 aromatic heterocycles. The Morgan fingerprint density at radius 1 is 1.13 bits per heavy atom. The number of ether oxygens (including phenoxy) is 1. The van der Waals surface area contributed by atoms with Gasteiger partial charge in [-0.3, -0.25) is 9.79 Å². The van der Waals surface area contributed by atoms with Crippen LogP contribution in [0.1, 0.15) is 18.1 Å². The standard InChI is InChI=1S/C18H17NO4/c1-13(20)23-17-10-6-5-9-15(17)12-19-16(18(21)22)11-14-7-3-2-4-8-14/h2-10,12,16H,11H2,1H3,(H,21,22)/t16-/m0/s1. The van der Waals surface area contributed by atoms with Gasteiger partial charge >= 0.3 is 11.9 Å². The molecule has 5 heteroatoms. The van der Waals surface area contributed by atoms with Crippen molar-refractivity contribution in [3.05, 3.63) is 65.7 Å². The first kappa shape index (κ1) is 16.4. The van der Waals surface area contributed by atoms with Gasteiger partial charge in [0.1, 0.15) is 5.75 Å². The number of hydrogen-bond acceptors (Lipinski definition) is 4. The monoisotopic (exact) mass is 311 g/mol. The van der Waals surface area contributed by atoms with Gasteiger partial charge in [0.05, 0.1) is 0 Å². The fourth-order valence-corrected chi connectivity index (χ4v) is 2.05. The number of carboxylic acid groups (broad SMARTS) is 1. The molecular weight excluding hydrogens is 294 g/mol. The predicted molar refractivity (Wildman–Crippen MR) is 86.9 cm³/mol. The zero-order chi connectivity index (χ0) is 16.7. The van der Waals surface area contributed by atoms with Gasteiger partial charge in [-0.15, -0.1) is 0 Å². The van der Waals surface area contributed by atoms with Gasteiger partial charge in [-0.1, -0.05) is 42.5 Å². The van der Waals surface area contributed by atoms with Gasteiger partial charge in [0, 0.05) is 25.1 Å². The average molecular weight is 311 g/mol. The summed E-state index contributed by atoms with van der Waals surface area (Å²) in [4.78, 5) is 26.6. The highest BCUT2D eigenvalue weighted by atomic mass is 16.5. The zero-order valence-corrected chi connectivity index (χ0v) is 12.7. The summed E-state index contributed by atoms with van der Waals surface area (Å²) in [5.74, 6) is -1.09. The maximum absolute atomic E-state index is 11.4. The summed E-state index contributed by atoms with van der Waals surface area (Å²) >= 11 is 0. The van der Waals surface area contributed by atoms with Gasteiger partial charge in [-0.2, -0.15) is 0 Å². The van der Waals surface area contributed by atoms with Crippen LogP contribution >= 0.6 is 0 Å². The van der Waals surface area contributed by atoms with E-state index in [4.69, 9.17) is 4.74 Å². The highest BCUT2D eigenvalue weighted by molar-refractivity contribution is 5.87. The summed E-state index contributed by atoms with van der Waals surface area (Å²) in [6.45, 7) is 1.31. The number of aliphatic imine (C=N–C) groups is 1. The van der Waals surface area contributed by atoms with Crippen molar-refractivity contribution in [3.8, 4) is 5.75 Å². The molecule has 0 fully saturated rings. The van der Waals surface area contributed by atoms with E-state index in [0.29, 0.717) is 17.7 Å². The van der Waals surface area contributed by atoms with Gasteiger partial charge in [0.25, 0.3) is 0 Å². The Morgan fingerprint density at radius 2 is 1.78 bits per heavy atom. The maximum Gasteiger partial charge on any atom is 0.328 e. The van der Waals surface area contributed by atoms with Crippen molar-refractivity contribution in [2.24, 2.45) is 4.99 Å². The Hall–Kier alpha value is -2.95. The molecule has 0 saturated heterocycles. The summed E-state index contributed by atoms with van der Waals surface area (Å²) in [6.07, 6.45) is 1.72. The SMILES string of the molecule is CC(=O)Oc1ccccc1C=N[C@@H](Cc1ccccc1)C(=O)O. The molecule has 1 N–H and O–H groups in total. The van der Waals surface area contributed by atoms with Crippen LogP contribution in [-0.2, 0) is 16.0 Å². The van der Waals surface area contributed by atoms with Crippen molar-refractivity contribution >= 4 is 18.2 Å². The van der Waals surface area contributed by atoms with E-state index in [2.05, 4.69) is 4.99 Å². The lowest BCUT2D eigenvalue weighted by molar-refractivity contribution is -0.138. The molecule has 0 spiro atoms. The van der Waals surface area contributed by atoms with Crippen molar-refractivity contribution in [2.45, 2.75) is 19.4 Å². The molecule has 0 unspecified atom stereocenters. The van der Waals surface area contributed by atoms with E-state index in [9.17, 15) is 14.7 Å². The first-order valence-electron chi connectivity index (χ1n) is 7.13. The molecule has 0 bridgehead atoms. The number of rotatable bonds is 6. The summed E-state index contributed by atoms with van der Waals surface area (Å²) in [6, 6.07) is 15.2. The number of para-hydroxylation sites is 1. The van der Waals surface area contributed by atoms with E-state index in [1.807, 2.05) is 30.3 Å². The Bertz CT molecular complexity index is 710. The number of aliphatic carboxylic acids is 1. The molecule has 23 heavy (non-hydrogen) atoms. The van der Waals surface area contributed by atoms with E-state index >= 15 is 0 Å². The number of carboxylic acids is 1. The van der Waals surface area contributed by atoms with Crippen molar-refractivity contribution < 1.29 is 19.4 Å². The van der Waals surface area contributed by atoms with Crippen LogP contribution in [0.15, 0.2) is 59.6 Å². The number of carbonyl (C=O) groups excluding carboxylic acids is 1. The summed E-state index contributed by atoms with van der Waals surface area (Å²) < 4.78 is 5.08. The van der Waals surface area contributed by atoms with Crippen molar-refractivity contribution in [2.75, 3.05) is 0 Å². The number of hydrogen-bond donors (Lipinski definition) is 1. The average Bonchev–Trinajstić information content (AvgIpc) is 2.53. The first-order chi connectivity index (χ1) is 11.1. The lowest BCUT2D eigenvalue weighted by atomic mass is 10.1. The van der Waals surface area contributed by atoms with Crippen LogP contribution in [-0.4, -0.2) is 29.3 Å². The minimum Gasteiger partial charge on any atom is -0.480 e. The molecule has 0 heterocycles. The van der Waals surface area contributed by atoms with Gasteiger partial charge in [-0.05, 0) is 17.7 Å². The Kier molecular flexibility index (Phi) is 5.63. The summed E-state index contributed by atoms with van der Waals surface area (Å²) in [5.41, 5.74) is 1.45. The third kappa shape index (κ3) is 5.07. The minimum atomic E-state index is -1.00. The molecule has 2 aromatic carbocycles. The van der Waals surface area contributed by atoms with Crippen molar-refractivity contribution in [3.63, 3.8) is 0 Å². The molecule has 1 atom stereocenters. The van der Waals surface area contributed by atoms with E-state index in [-0.39, 0.29) is 0 Å². The van der Waals surface area contributed by atoms with Crippen LogP contribution in [0.25, 0.3) is 0 Å². The van der Waals surface area contributed by atoms with Crippen LogP contribution in [0, 0.1) is 0 Å². The van der Waals surface area contributed by atoms with Gasteiger partial charge < -0.3 is 9.84 Å². The van der Waals surface area contributed by atoms with Crippen LogP contribution in [0.2, 0.25) is 0 Å². The lowest BCUT2D eigenvalue weighted by Gasteiger charge is -2.08. The Morgan fingerprint density at radius 3 is 2.43 bits per heavy atom. The third-order valence-corrected chi connectivity index (χ3v) is 3.12. The number of nitrogens with zero attached hydrogens (tertiary/aromatic N) is 1. The molecule has 0 saturated carbocycles. The lowest BCUT2D eigenvalue weighted by Crippen LogP contribution is -2.21. The molecular formula is C18H17NO4. The van der Waals surface area contributed by atoms with Crippen LogP contribution in [0.5, 0.6) is 5.75 Å². The number of benzene rings is 2. The van der Waals surface area contributed by atoms with Crippen LogP contribution < -0.4 is 4.74 Å². The van der Waals surface area contributed by atoms with E-state index in [1.54, 1.807) is 24.3 Å². The quantitative estimate of drug-likeness (QED) is 0.505. The predicted octanol–water partition coefficient (Wildman–Crippen LogP) is 2.73. The second-order valence-electron chi connectivity index (χ2n) is 4.95. The van der Waals surface area contributed by atoms with Crippen LogP contribution in [0.4, 0.5) is 0 Å². The summed E-state index contributed by atoms with van der Waals surface area (Å²) in [5, 5.41) is 9.33. The fraction of sp³-hybridized carbons (Fsp3) is 0.167. The molecule has 0 aliphatic heterocycles. The molecule has 2 aromatic rings. The zero-order valence-electron chi connectivity index (χ0n) is 12.7. The van der Waals surface area contributed by atoms with Crippen molar-refractivity contribution in [1.82, 2.24) is 0 Å². The van der Waals surface area contributed by atoms with E-state index < -0.39 is 18.0 Å². The first-order valence-corrected chi connectivity index (χ1v) is 7.13. The van der Waals surface area contributed by atoms with Crippen molar-refractivity contribution in [1.29, 1.82) is 0 Å². The van der Waals surface area contributed by atoms with Gasteiger partial charge in [0.15, 0.2) is 6.04 Å². The fourth-order valence-electron chi connectivity index (χ4n) is 2.05. The molecule has 5 nitrogen and oxygen atoms in total. The molecule has 0 radical (unpaired) electrons. The summed E-state index contributed by atoms with van der Waals surface area (Å²) in [7, 11) is 0. The largest absolute Gasteiger partial charge is 0.480 e. The Balaban J connectivity index is 2.18. The smallest absolute Gasteiger partial charge is 0.328 e. The molecule has 118 valence electrons. The topological polar surface area (TPSA) is 76.0 Å². The molecule has 0 aliphatic rings. The third-order valence-electron chi connectivity index (χ3n) is 3.12. The van der Waals surface area contributed by atoms with E-state index in [1.165, 1.54) is 13.1 Å². The van der Waals surface area contributed by atoms with Gasteiger partial charge in [0.2, 0.25) is 0 Å². The second-order valence-corrected chi connectivity index (χ2v) is 4.95. The highest BCUT2D eigenvalue weighted by Gasteiger charge is 2.16. The minimum absolute atomic E-state index is 0.294. The highest BCUT2D eigenvalue weighted by Crippen LogP contribution is 2.16. The van der Waals surface area contributed by atoms with E-state index in [0.717, 1.165) is 5.56 Å². The number of esters is 1. The molecule has 2 rings (SSSR count). The normalized spacial score (nSPS) is 12.0. The van der Waals surface area contributed by atoms with Gasteiger partial charge in [-0.25, -0.2) is 4.79 Å².